The second-order valence-corrected chi connectivity index (χ2v) is 6.60. The Morgan fingerprint density at radius 3 is 2.59 bits per heavy atom. The van der Waals surface area contributed by atoms with Crippen LogP contribution in [0.5, 0.6) is 5.75 Å². The lowest BCUT2D eigenvalue weighted by atomic mass is 10.2. The molecule has 1 amide bonds. The van der Waals surface area contributed by atoms with Gasteiger partial charge in [-0.05, 0) is 40.2 Å². The number of rotatable bonds is 7. The average molecular weight is 466 g/mol. The smallest absolute Gasteiger partial charge is 0.375 e. The number of furan rings is 1. The number of para-hydroxylation sites is 1. The van der Waals surface area contributed by atoms with Gasteiger partial charge in [0.1, 0.15) is 18.2 Å². The van der Waals surface area contributed by atoms with E-state index in [0.717, 1.165) is 6.07 Å². The summed E-state index contributed by atoms with van der Waals surface area (Å²) < 4.78 is 42.4. The topological polar surface area (TPSA) is 77.8 Å². The molecule has 0 spiro atoms. The number of anilines is 1. The maximum Gasteiger partial charge on any atom is 0.375 e. The van der Waals surface area contributed by atoms with Gasteiger partial charge < -0.3 is 19.2 Å². The third-order valence-electron chi connectivity index (χ3n) is 3.68. The molecule has 0 aliphatic rings. The fourth-order valence-corrected chi connectivity index (χ4v) is 2.85. The Labute approximate surface area is 172 Å². The minimum absolute atomic E-state index is 0.0149. The van der Waals surface area contributed by atoms with Gasteiger partial charge in [0.15, 0.2) is 12.4 Å². The predicted octanol–water partition coefficient (Wildman–Crippen LogP) is 4.69. The van der Waals surface area contributed by atoms with E-state index >= 15 is 0 Å². The molecule has 1 aromatic heterocycles. The van der Waals surface area contributed by atoms with Crippen LogP contribution in [0, 0.1) is 11.6 Å². The number of halogens is 3. The second kappa shape index (κ2) is 9.33. The maximum atomic E-state index is 13.8. The third kappa shape index (κ3) is 5.41. The van der Waals surface area contributed by atoms with Gasteiger partial charge in [0, 0.05) is 16.1 Å². The summed E-state index contributed by atoms with van der Waals surface area (Å²) in [5.74, 6) is -2.96. The van der Waals surface area contributed by atoms with Crippen molar-refractivity contribution in [2.75, 3.05) is 11.9 Å². The zero-order valence-corrected chi connectivity index (χ0v) is 16.4. The van der Waals surface area contributed by atoms with Crippen molar-refractivity contribution in [3.8, 4) is 5.75 Å². The molecule has 6 nitrogen and oxygen atoms in total. The van der Waals surface area contributed by atoms with Crippen LogP contribution in [0.3, 0.4) is 0 Å². The van der Waals surface area contributed by atoms with E-state index in [1.165, 1.54) is 6.26 Å². The highest BCUT2D eigenvalue weighted by Gasteiger charge is 2.20. The number of nitrogens with one attached hydrogen (secondary N) is 1. The quantitative estimate of drug-likeness (QED) is 0.512. The summed E-state index contributed by atoms with van der Waals surface area (Å²) in [6, 6.07) is 12.1. The number of benzene rings is 2. The lowest BCUT2D eigenvalue weighted by Gasteiger charge is -2.09. The number of ether oxygens (including phenoxy) is 2. The van der Waals surface area contributed by atoms with Crippen molar-refractivity contribution in [3.63, 3.8) is 0 Å². The lowest BCUT2D eigenvalue weighted by Crippen LogP contribution is -2.22. The fourth-order valence-electron chi connectivity index (χ4n) is 2.34. The number of hydrogen-bond donors (Lipinski definition) is 1. The van der Waals surface area contributed by atoms with Crippen LogP contribution in [-0.2, 0) is 16.1 Å². The fraction of sp³-hybridized carbons (Fsp3) is 0.100. The molecule has 0 aliphatic heterocycles. The first-order chi connectivity index (χ1) is 13.9. The number of amides is 1. The Hall–Kier alpha value is -3.20. The van der Waals surface area contributed by atoms with Crippen LogP contribution in [-0.4, -0.2) is 18.5 Å². The van der Waals surface area contributed by atoms with E-state index in [1.54, 1.807) is 30.3 Å². The monoisotopic (exact) mass is 465 g/mol. The van der Waals surface area contributed by atoms with Crippen LogP contribution in [0.2, 0.25) is 0 Å². The lowest BCUT2D eigenvalue weighted by molar-refractivity contribution is -0.119. The molecule has 0 saturated heterocycles. The molecule has 0 saturated carbocycles. The van der Waals surface area contributed by atoms with Gasteiger partial charge in [0.2, 0.25) is 5.76 Å². The molecular weight excluding hydrogens is 452 g/mol. The summed E-state index contributed by atoms with van der Waals surface area (Å²) in [5.41, 5.74) is 0.175. The molecular formula is C20H14BrF2NO5. The van der Waals surface area contributed by atoms with Gasteiger partial charge in [-0.1, -0.05) is 18.2 Å². The van der Waals surface area contributed by atoms with Gasteiger partial charge in [0.05, 0.1) is 12.0 Å². The van der Waals surface area contributed by atoms with Crippen molar-refractivity contribution < 1.29 is 32.3 Å². The molecule has 0 aliphatic carbocycles. The van der Waals surface area contributed by atoms with Crippen molar-refractivity contribution in [1.29, 1.82) is 0 Å². The summed E-state index contributed by atoms with van der Waals surface area (Å²) in [6.45, 7) is -0.632. The molecule has 3 aromatic rings. The average Bonchev–Trinajstić information content (AvgIpc) is 3.17. The zero-order valence-electron chi connectivity index (χ0n) is 14.8. The first-order valence-corrected chi connectivity index (χ1v) is 9.09. The van der Waals surface area contributed by atoms with Crippen LogP contribution in [0.1, 0.15) is 16.1 Å². The van der Waals surface area contributed by atoms with Gasteiger partial charge in [-0.15, -0.1) is 0 Å². The van der Waals surface area contributed by atoms with E-state index in [4.69, 9.17) is 13.9 Å². The van der Waals surface area contributed by atoms with E-state index in [9.17, 15) is 18.4 Å². The Balaban J connectivity index is 1.56. The Bertz CT molecular complexity index is 1000. The molecule has 1 N–H and O–H groups in total. The van der Waals surface area contributed by atoms with Crippen molar-refractivity contribution >= 4 is 33.5 Å². The van der Waals surface area contributed by atoms with Crippen molar-refractivity contribution in [1.82, 2.24) is 0 Å². The highest BCUT2D eigenvalue weighted by molar-refractivity contribution is 9.10. The van der Waals surface area contributed by atoms with E-state index in [1.807, 2.05) is 6.07 Å². The normalized spacial score (nSPS) is 10.4. The molecule has 2 aromatic carbocycles. The molecule has 9 heteroatoms. The summed E-state index contributed by atoms with van der Waals surface area (Å²) >= 11 is 2.95. The van der Waals surface area contributed by atoms with Crippen LogP contribution >= 0.6 is 15.9 Å². The van der Waals surface area contributed by atoms with Gasteiger partial charge in [0.25, 0.3) is 5.91 Å². The SMILES string of the molecule is O=C(COC(=O)c1occc1COc1ccccc1)Nc1c(F)cc(F)cc1Br. The molecule has 0 radical (unpaired) electrons. The maximum absolute atomic E-state index is 13.8. The van der Waals surface area contributed by atoms with Crippen molar-refractivity contribution in [2.24, 2.45) is 0 Å². The number of esters is 1. The number of carbonyl (C=O) groups is 2. The van der Waals surface area contributed by atoms with Crippen LogP contribution < -0.4 is 10.1 Å². The van der Waals surface area contributed by atoms with E-state index in [2.05, 4.69) is 21.2 Å². The minimum atomic E-state index is -0.970. The van der Waals surface area contributed by atoms with Gasteiger partial charge >= 0.3 is 5.97 Å². The van der Waals surface area contributed by atoms with Gasteiger partial charge in [-0.25, -0.2) is 13.6 Å². The second-order valence-electron chi connectivity index (χ2n) is 5.75. The summed E-state index contributed by atoms with van der Waals surface area (Å²) in [6.07, 6.45) is 1.30. The minimum Gasteiger partial charge on any atom is -0.489 e. The predicted molar refractivity (Wildman–Crippen MR) is 102 cm³/mol. The van der Waals surface area contributed by atoms with Crippen molar-refractivity contribution in [3.05, 3.63) is 82.2 Å². The molecule has 150 valence electrons. The number of carbonyl (C=O) groups excluding carboxylic acids is 2. The number of hydrogen-bond acceptors (Lipinski definition) is 5. The highest BCUT2D eigenvalue weighted by Crippen LogP contribution is 2.26. The Kier molecular flexibility index (Phi) is 6.61. The first-order valence-electron chi connectivity index (χ1n) is 8.30. The Morgan fingerprint density at radius 1 is 1.10 bits per heavy atom. The molecule has 0 atom stereocenters. The molecule has 29 heavy (non-hydrogen) atoms. The summed E-state index contributed by atoms with van der Waals surface area (Å²) in [7, 11) is 0. The zero-order chi connectivity index (χ0) is 20.8. The molecule has 0 unspecified atom stereocenters. The largest absolute Gasteiger partial charge is 0.489 e. The van der Waals surface area contributed by atoms with Gasteiger partial charge in [-0.3, -0.25) is 4.79 Å². The van der Waals surface area contributed by atoms with Crippen LogP contribution in [0.15, 0.2) is 63.7 Å². The van der Waals surface area contributed by atoms with E-state index in [0.29, 0.717) is 17.4 Å². The summed E-state index contributed by atoms with van der Waals surface area (Å²) in [5, 5.41) is 2.21. The Morgan fingerprint density at radius 2 is 1.86 bits per heavy atom. The molecule has 1 heterocycles. The van der Waals surface area contributed by atoms with E-state index < -0.39 is 30.1 Å². The molecule has 0 bridgehead atoms. The van der Waals surface area contributed by atoms with Crippen LogP contribution in [0.25, 0.3) is 0 Å². The molecule has 3 rings (SSSR count). The molecule has 0 fully saturated rings. The highest BCUT2D eigenvalue weighted by atomic mass is 79.9. The van der Waals surface area contributed by atoms with Crippen LogP contribution in [0.4, 0.5) is 14.5 Å². The standard InChI is InChI=1S/C20H14BrF2NO5/c21-15-8-13(22)9-16(23)18(15)24-17(25)11-29-20(26)19-12(6-7-27-19)10-28-14-4-2-1-3-5-14/h1-9H,10-11H2,(H,24,25). The summed E-state index contributed by atoms with van der Waals surface area (Å²) in [4.78, 5) is 24.1. The van der Waals surface area contributed by atoms with Gasteiger partial charge in [-0.2, -0.15) is 0 Å². The first kappa shape index (κ1) is 20.5. The van der Waals surface area contributed by atoms with Crippen molar-refractivity contribution in [2.45, 2.75) is 6.61 Å². The van der Waals surface area contributed by atoms with E-state index in [-0.39, 0.29) is 22.5 Å². The third-order valence-corrected chi connectivity index (χ3v) is 4.30.